The van der Waals surface area contributed by atoms with Gasteiger partial charge in [-0.2, -0.15) is 0 Å². The van der Waals surface area contributed by atoms with Crippen LogP contribution in [0.2, 0.25) is 0 Å². The number of pyridine rings is 1. The van der Waals surface area contributed by atoms with Gasteiger partial charge in [0.2, 0.25) is 0 Å². The summed E-state index contributed by atoms with van der Waals surface area (Å²) in [4.78, 5) is 13.7. The van der Waals surface area contributed by atoms with E-state index in [4.69, 9.17) is 5.73 Å². The molecule has 0 radical (unpaired) electrons. The average molecular weight is 260 g/mol. The van der Waals surface area contributed by atoms with Crippen LogP contribution in [-0.4, -0.2) is 58.7 Å². The van der Waals surface area contributed by atoms with Gasteiger partial charge in [0.05, 0.1) is 11.8 Å². The minimum atomic E-state index is 0.730. The first kappa shape index (κ1) is 12.4. The Labute approximate surface area is 112 Å². The van der Waals surface area contributed by atoms with E-state index in [2.05, 4.69) is 19.8 Å². The van der Waals surface area contributed by atoms with E-state index >= 15 is 0 Å². The van der Waals surface area contributed by atoms with Crippen LogP contribution in [0.15, 0.2) is 18.6 Å². The van der Waals surface area contributed by atoms with Gasteiger partial charge in [0.1, 0.15) is 5.52 Å². The summed E-state index contributed by atoms with van der Waals surface area (Å²) in [5, 5.41) is 0. The van der Waals surface area contributed by atoms with Crippen molar-refractivity contribution in [2.75, 3.05) is 44.2 Å². The molecule has 102 valence electrons. The van der Waals surface area contributed by atoms with Gasteiger partial charge in [-0.3, -0.25) is 4.90 Å². The van der Waals surface area contributed by atoms with Gasteiger partial charge >= 0.3 is 0 Å². The molecule has 0 saturated carbocycles. The zero-order valence-electron chi connectivity index (χ0n) is 11.3. The number of nitrogens with zero attached hydrogens (tertiary/aromatic N) is 5. The Balaban J connectivity index is 1.82. The molecule has 0 unspecified atom stereocenters. The number of hydrogen-bond donors (Lipinski definition) is 1. The molecule has 2 N–H and O–H groups in total. The molecule has 0 spiro atoms. The standard InChI is InChI=1S/C13H20N6/c1-17-10-16-12-11(17)2-4-15-13(12)19-8-6-18(5-3-14)7-9-19/h2,4,10H,3,5-9,14H2,1H3. The van der Waals surface area contributed by atoms with Gasteiger partial charge in [0.25, 0.3) is 0 Å². The summed E-state index contributed by atoms with van der Waals surface area (Å²) in [6.07, 6.45) is 3.71. The van der Waals surface area contributed by atoms with E-state index in [9.17, 15) is 0 Å². The molecule has 1 aliphatic heterocycles. The van der Waals surface area contributed by atoms with Crippen LogP contribution in [0, 0.1) is 0 Å². The first-order chi connectivity index (χ1) is 9.29. The van der Waals surface area contributed by atoms with Crippen molar-refractivity contribution in [1.82, 2.24) is 19.4 Å². The van der Waals surface area contributed by atoms with E-state index in [0.29, 0.717) is 0 Å². The Morgan fingerprint density at radius 3 is 2.74 bits per heavy atom. The fourth-order valence-electron chi connectivity index (χ4n) is 2.65. The van der Waals surface area contributed by atoms with Gasteiger partial charge in [0, 0.05) is 52.5 Å². The maximum Gasteiger partial charge on any atom is 0.156 e. The molecule has 0 atom stereocenters. The molecule has 0 aliphatic carbocycles. The van der Waals surface area contributed by atoms with Crippen molar-refractivity contribution in [3.63, 3.8) is 0 Å². The Morgan fingerprint density at radius 1 is 1.21 bits per heavy atom. The van der Waals surface area contributed by atoms with Crippen LogP contribution in [0.5, 0.6) is 0 Å². The van der Waals surface area contributed by atoms with Gasteiger partial charge in [-0.1, -0.05) is 0 Å². The smallest absolute Gasteiger partial charge is 0.156 e. The van der Waals surface area contributed by atoms with Gasteiger partial charge in [-0.15, -0.1) is 0 Å². The van der Waals surface area contributed by atoms with Crippen molar-refractivity contribution in [3.8, 4) is 0 Å². The quantitative estimate of drug-likeness (QED) is 0.845. The predicted octanol–water partition coefficient (Wildman–Crippen LogP) is 0.0490. The molecule has 0 aromatic carbocycles. The second-order valence-electron chi connectivity index (χ2n) is 4.98. The molecule has 0 amide bonds. The van der Waals surface area contributed by atoms with Gasteiger partial charge < -0.3 is 15.2 Å². The summed E-state index contributed by atoms with van der Waals surface area (Å²) in [5.41, 5.74) is 7.73. The van der Waals surface area contributed by atoms with Crippen LogP contribution in [0.3, 0.4) is 0 Å². The number of hydrogen-bond acceptors (Lipinski definition) is 5. The van der Waals surface area contributed by atoms with E-state index < -0.39 is 0 Å². The van der Waals surface area contributed by atoms with Crippen molar-refractivity contribution < 1.29 is 0 Å². The molecule has 1 aliphatic rings. The van der Waals surface area contributed by atoms with E-state index in [1.807, 2.05) is 30.2 Å². The van der Waals surface area contributed by atoms with Crippen LogP contribution in [0.4, 0.5) is 5.82 Å². The maximum atomic E-state index is 5.60. The molecule has 1 fully saturated rings. The first-order valence-electron chi connectivity index (χ1n) is 6.73. The van der Waals surface area contributed by atoms with E-state index in [1.54, 1.807) is 0 Å². The Kier molecular flexibility index (Phi) is 3.35. The van der Waals surface area contributed by atoms with Crippen LogP contribution in [0.25, 0.3) is 11.0 Å². The highest BCUT2D eigenvalue weighted by molar-refractivity contribution is 5.86. The number of fused-ring (bicyclic) bond motifs is 1. The van der Waals surface area contributed by atoms with E-state index in [-0.39, 0.29) is 0 Å². The lowest BCUT2D eigenvalue weighted by atomic mass is 10.3. The van der Waals surface area contributed by atoms with Gasteiger partial charge in [-0.25, -0.2) is 9.97 Å². The lowest BCUT2D eigenvalue weighted by Gasteiger charge is -2.35. The number of nitrogens with two attached hydrogens (primary N) is 1. The van der Waals surface area contributed by atoms with Crippen LogP contribution in [-0.2, 0) is 7.05 Å². The second-order valence-corrected chi connectivity index (χ2v) is 4.98. The lowest BCUT2D eigenvalue weighted by Crippen LogP contribution is -2.48. The van der Waals surface area contributed by atoms with Crippen molar-refractivity contribution in [1.29, 1.82) is 0 Å². The summed E-state index contributed by atoms with van der Waals surface area (Å²) >= 11 is 0. The van der Waals surface area contributed by atoms with Crippen LogP contribution >= 0.6 is 0 Å². The number of aryl methyl sites for hydroxylation is 1. The minimum absolute atomic E-state index is 0.730. The normalized spacial score (nSPS) is 17.3. The Morgan fingerprint density at radius 2 is 2.00 bits per heavy atom. The number of piperazine rings is 1. The summed E-state index contributed by atoms with van der Waals surface area (Å²) in [5.74, 6) is 1.01. The van der Waals surface area contributed by atoms with Crippen LogP contribution < -0.4 is 10.6 Å². The SMILES string of the molecule is Cn1cnc2c(N3CCN(CCN)CC3)nccc21. The summed E-state index contributed by atoms with van der Waals surface area (Å²) in [7, 11) is 2.01. The summed E-state index contributed by atoms with van der Waals surface area (Å²) < 4.78 is 2.03. The molecular weight excluding hydrogens is 240 g/mol. The molecule has 19 heavy (non-hydrogen) atoms. The lowest BCUT2D eigenvalue weighted by molar-refractivity contribution is 0.264. The number of imidazole rings is 1. The third-order valence-electron chi connectivity index (χ3n) is 3.74. The number of anilines is 1. The van der Waals surface area contributed by atoms with Gasteiger partial charge in [-0.05, 0) is 6.07 Å². The van der Waals surface area contributed by atoms with Crippen molar-refractivity contribution in [3.05, 3.63) is 18.6 Å². The third kappa shape index (κ3) is 2.29. The van der Waals surface area contributed by atoms with Crippen molar-refractivity contribution in [2.45, 2.75) is 0 Å². The van der Waals surface area contributed by atoms with Crippen molar-refractivity contribution in [2.24, 2.45) is 12.8 Å². The Bertz CT molecular complexity index is 555. The molecular formula is C13H20N6. The second kappa shape index (κ2) is 5.14. The summed E-state index contributed by atoms with van der Waals surface area (Å²) in [6, 6.07) is 2.01. The van der Waals surface area contributed by atoms with E-state index in [0.717, 1.165) is 56.1 Å². The van der Waals surface area contributed by atoms with Crippen LogP contribution in [0.1, 0.15) is 0 Å². The van der Waals surface area contributed by atoms with Crippen molar-refractivity contribution >= 4 is 16.9 Å². The highest BCUT2D eigenvalue weighted by Gasteiger charge is 2.20. The summed E-state index contributed by atoms with van der Waals surface area (Å²) in [6.45, 7) is 5.78. The molecule has 2 aromatic heterocycles. The minimum Gasteiger partial charge on any atom is -0.352 e. The average Bonchev–Trinajstić information content (AvgIpc) is 2.82. The molecule has 6 nitrogen and oxygen atoms in total. The fourth-order valence-corrected chi connectivity index (χ4v) is 2.65. The van der Waals surface area contributed by atoms with Gasteiger partial charge in [0.15, 0.2) is 5.82 Å². The fraction of sp³-hybridized carbons (Fsp3) is 0.538. The first-order valence-corrected chi connectivity index (χ1v) is 6.73. The number of rotatable bonds is 3. The predicted molar refractivity (Wildman–Crippen MR) is 76.2 cm³/mol. The monoisotopic (exact) mass is 260 g/mol. The molecule has 3 rings (SSSR count). The molecule has 1 saturated heterocycles. The molecule has 3 heterocycles. The molecule has 2 aromatic rings. The highest BCUT2D eigenvalue weighted by atomic mass is 15.3. The number of aromatic nitrogens is 3. The van der Waals surface area contributed by atoms with E-state index in [1.165, 1.54) is 0 Å². The Hall–Kier alpha value is -1.66. The zero-order valence-corrected chi connectivity index (χ0v) is 11.3. The third-order valence-corrected chi connectivity index (χ3v) is 3.74. The zero-order chi connectivity index (χ0) is 13.2. The maximum absolute atomic E-state index is 5.60. The molecule has 6 heteroatoms. The topological polar surface area (TPSA) is 63.2 Å². The molecule has 0 bridgehead atoms. The highest BCUT2D eigenvalue weighted by Crippen LogP contribution is 2.23. The largest absolute Gasteiger partial charge is 0.352 e.